The van der Waals surface area contributed by atoms with Gasteiger partial charge in [-0.15, -0.1) is 6.58 Å². The Morgan fingerprint density at radius 1 is 1.10 bits per heavy atom. The van der Waals surface area contributed by atoms with Crippen molar-refractivity contribution in [1.29, 1.82) is 0 Å². The number of nitrogens with zero attached hydrogens (tertiary/aromatic N) is 2. The normalized spacial score (nSPS) is 23.2. The number of nitrogens with one attached hydrogen (secondary N) is 3. The van der Waals surface area contributed by atoms with Gasteiger partial charge < -0.3 is 25.0 Å². The number of aromatic nitrogens is 1. The van der Waals surface area contributed by atoms with Gasteiger partial charge in [0.15, 0.2) is 0 Å². The van der Waals surface area contributed by atoms with Gasteiger partial charge in [0.05, 0.1) is 36.7 Å². The lowest BCUT2D eigenvalue weighted by molar-refractivity contribution is -0.139. The van der Waals surface area contributed by atoms with E-state index in [0.717, 1.165) is 5.56 Å². The Morgan fingerprint density at radius 3 is 2.50 bits per heavy atom. The SMILES string of the molecule is C=C[C@@H]1C[C@]1(NC(=O)[C@@H]1C[C@@H](Oc2cc(-c3ccccc3)nc3cc(OC)ccc23)CN1C(=O)CNC(C)=O)C(=O)NS(=O)(=O)C1CC1. The number of amides is 4. The van der Waals surface area contributed by atoms with Crippen molar-refractivity contribution < 1.29 is 37.1 Å². The molecule has 2 saturated carbocycles. The van der Waals surface area contributed by atoms with Crippen LogP contribution in [0.2, 0.25) is 0 Å². The summed E-state index contributed by atoms with van der Waals surface area (Å²) in [6.45, 7) is 4.68. The topological polar surface area (TPSA) is 173 Å². The third kappa shape index (κ3) is 6.70. The smallest absolute Gasteiger partial charge is 0.259 e. The monoisotopic (exact) mass is 675 g/mol. The summed E-state index contributed by atoms with van der Waals surface area (Å²) in [4.78, 5) is 58.3. The summed E-state index contributed by atoms with van der Waals surface area (Å²) in [5.74, 6) is -1.81. The quantitative estimate of drug-likeness (QED) is 0.243. The third-order valence-electron chi connectivity index (χ3n) is 8.97. The summed E-state index contributed by atoms with van der Waals surface area (Å²) < 4.78 is 39.2. The number of methoxy groups -OCH3 is 1. The summed E-state index contributed by atoms with van der Waals surface area (Å²) in [5, 5.41) is 5.29. The van der Waals surface area contributed by atoms with E-state index in [-0.39, 0.29) is 25.9 Å². The van der Waals surface area contributed by atoms with Crippen molar-refractivity contribution in [2.75, 3.05) is 20.2 Å². The molecule has 3 aromatic rings. The Bertz CT molecular complexity index is 1900. The van der Waals surface area contributed by atoms with Crippen LogP contribution in [0.1, 0.15) is 32.6 Å². The number of fused-ring (bicyclic) bond motifs is 1. The van der Waals surface area contributed by atoms with Crippen LogP contribution in [0.4, 0.5) is 0 Å². The molecule has 48 heavy (non-hydrogen) atoms. The highest BCUT2D eigenvalue weighted by atomic mass is 32.2. The minimum absolute atomic E-state index is 0.0112. The predicted molar refractivity (Wildman–Crippen MR) is 176 cm³/mol. The summed E-state index contributed by atoms with van der Waals surface area (Å²) in [7, 11) is -2.30. The lowest BCUT2D eigenvalue weighted by Crippen LogP contribution is -2.57. The van der Waals surface area contributed by atoms with Crippen LogP contribution >= 0.6 is 0 Å². The molecule has 4 amide bonds. The summed E-state index contributed by atoms with van der Waals surface area (Å²) in [6.07, 6.45) is 2.00. The molecule has 252 valence electrons. The zero-order chi connectivity index (χ0) is 34.2. The number of carbonyl (C=O) groups is 4. The summed E-state index contributed by atoms with van der Waals surface area (Å²) in [5.41, 5.74) is 0.610. The number of rotatable bonds is 12. The van der Waals surface area contributed by atoms with E-state index in [1.807, 2.05) is 36.4 Å². The lowest BCUT2D eigenvalue weighted by Gasteiger charge is -2.26. The van der Waals surface area contributed by atoms with Gasteiger partial charge in [-0.25, -0.2) is 13.4 Å². The lowest BCUT2D eigenvalue weighted by atomic mass is 10.1. The Hall–Kier alpha value is -4.98. The molecule has 14 heteroatoms. The van der Waals surface area contributed by atoms with Gasteiger partial charge in [-0.2, -0.15) is 0 Å². The molecule has 0 radical (unpaired) electrons. The molecule has 0 unspecified atom stereocenters. The second-order valence-electron chi connectivity index (χ2n) is 12.4. The minimum Gasteiger partial charge on any atom is -0.497 e. The summed E-state index contributed by atoms with van der Waals surface area (Å²) in [6, 6.07) is 15.7. The minimum atomic E-state index is -3.87. The van der Waals surface area contributed by atoms with Crippen LogP contribution in [0, 0.1) is 5.92 Å². The highest BCUT2D eigenvalue weighted by molar-refractivity contribution is 7.91. The van der Waals surface area contributed by atoms with Crippen molar-refractivity contribution in [3.8, 4) is 22.8 Å². The predicted octanol–water partition coefficient (Wildman–Crippen LogP) is 2.06. The van der Waals surface area contributed by atoms with E-state index in [9.17, 15) is 27.6 Å². The number of carbonyl (C=O) groups excluding carboxylic acids is 4. The fourth-order valence-corrected chi connectivity index (χ4v) is 7.43. The van der Waals surface area contributed by atoms with E-state index in [1.54, 1.807) is 25.3 Å². The fourth-order valence-electron chi connectivity index (χ4n) is 6.06. The molecular weight excluding hydrogens is 638 g/mol. The molecule has 6 rings (SSSR count). The number of sulfonamides is 1. The number of pyridine rings is 1. The first-order valence-corrected chi connectivity index (χ1v) is 17.2. The highest BCUT2D eigenvalue weighted by Crippen LogP contribution is 2.45. The van der Waals surface area contributed by atoms with Gasteiger partial charge >= 0.3 is 0 Å². The second-order valence-corrected chi connectivity index (χ2v) is 14.3. The number of hydrogen-bond donors (Lipinski definition) is 3. The third-order valence-corrected chi connectivity index (χ3v) is 10.8. The maximum absolute atomic E-state index is 13.9. The maximum Gasteiger partial charge on any atom is 0.259 e. The van der Waals surface area contributed by atoms with Gasteiger partial charge in [0.25, 0.3) is 5.91 Å². The number of ether oxygens (including phenoxy) is 2. The number of benzene rings is 2. The van der Waals surface area contributed by atoms with E-state index in [4.69, 9.17) is 14.5 Å². The van der Waals surface area contributed by atoms with Crippen LogP contribution in [-0.2, 0) is 29.2 Å². The first kappa shape index (κ1) is 32.9. The molecule has 2 heterocycles. The Morgan fingerprint density at radius 2 is 1.85 bits per heavy atom. The number of likely N-dealkylation sites (tertiary alicyclic amines) is 1. The van der Waals surface area contributed by atoms with Crippen LogP contribution in [0.25, 0.3) is 22.2 Å². The highest BCUT2D eigenvalue weighted by Gasteiger charge is 2.61. The molecule has 0 spiro atoms. The largest absolute Gasteiger partial charge is 0.497 e. The van der Waals surface area contributed by atoms with Gasteiger partial charge in [-0.3, -0.25) is 23.9 Å². The van der Waals surface area contributed by atoms with E-state index in [1.165, 1.54) is 17.9 Å². The zero-order valence-corrected chi connectivity index (χ0v) is 27.4. The maximum atomic E-state index is 13.9. The van der Waals surface area contributed by atoms with Crippen LogP contribution < -0.4 is 24.8 Å². The van der Waals surface area contributed by atoms with Gasteiger partial charge in [0.1, 0.15) is 29.2 Å². The summed E-state index contributed by atoms with van der Waals surface area (Å²) >= 11 is 0. The Kier molecular flexibility index (Phi) is 8.86. The van der Waals surface area contributed by atoms with Gasteiger partial charge in [0.2, 0.25) is 27.7 Å². The van der Waals surface area contributed by atoms with Crippen molar-refractivity contribution in [2.24, 2.45) is 5.92 Å². The molecule has 2 aromatic carbocycles. The van der Waals surface area contributed by atoms with Crippen LogP contribution in [0.3, 0.4) is 0 Å². The van der Waals surface area contributed by atoms with E-state index >= 15 is 0 Å². The molecule has 3 aliphatic rings. The van der Waals surface area contributed by atoms with Crippen molar-refractivity contribution >= 4 is 44.6 Å². The van der Waals surface area contributed by atoms with E-state index in [2.05, 4.69) is 21.9 Å². The molecule has 4 atom stereocenters. The Labute approximate surface area is 278 Å². The molecule has 1 aliphatic heterocycles. The van der Waals surface area contributed by atoms with E-state index < -0.39 is 62.5 Å². The zero-order valence-electron chi connectivity index (χ0n) is 26.6. The van der Waals surface area contributed by atoms with E-state index in [0.29, 0.717) is 40.9 Å². The van der Waals surface area contributed by atoms with Crippen LogP contribution in [-0.4, -0.2) is 85.1 Å². The van der Waals surface area contributed by atoms with Crippen LogP contribution in [0.15, 0.2) is 67.3 Å². The first-order chi connectivity index (χ1) is 22.9. The van der Waals surface area contributed by atoms with Crippen molar-refractivity contribution in [1.82, 2.24) is 25.2 Å². The Balaban J connectivity index is 1.28. The molecule has 2 aliphatic carbocycles. The molecule has 3 fully saturated rings. The standard InChI is InChI=1S/C34H37N5O8S/c1-4-22-17-34(22,33(43)38-48(44,45)25-11-12-25)37-32(42)29-15-24(19-39(29)31(41)18-35-20(2)40)47-30-16-27(21-8-6-5-7-9-21)36-28-14-23(46-3)10-13-26(28)30/h4-10,13-14,16,22,24-25,29H,1,11-12,15,17-19H2,2-3H3,(H,35,40)(H,37,42)(H,38,43)/t22-,24-,29+,34-/m1/s1. The molecule has 3 N–H and O–H groups in total. The molecule has 1 aromatic heterocycles. The first-order valence-electron chi connectivity index (χ1n) is 15.7. The van der Waals surface area contributed by atoms with Crippen LogP contribution in [0.5, 0.6) is 11.5 Å². The van der Waals surface area contributed by atoms with Crippen molar-refractivity contribution in [3.63, 3.8) is 0 Å². The second kappa shape index (κ2) is 12.9. The number of hydrogen-bond acceptors (Lipinski definition) is 9. The molecule has 0 bridgehead atoms. The van der Waals surface area contributed by atoms with Gasteiger partial charge in [-0.05, 0) is 31.4 Å². The molecule has 1 saturated heterocycles. The van der Waals surface area contributed by atoms with Crippen molar-refractivity contribution in [2.45, 2.75) is 55.5 Å². The average Bonchev–Trinajstić information content (AvgIpc) is 4.00. The fraction of sp³-hybridized carbons (Fsp3) is 0.382. The molecular formula is C34H37N5O8S. The van der Waals surface area contributed by atoms with Gasteiger partial charge in [0, 0.05) is 42.3 Å². The van der Waals surface area contributed by atoms with Crippen molar-refractivity contribution in [3.05, 3.63) is 67.3 Å². The molecule has 13 nitrogen and oxygen atoms in total. The average molecular weight is 676 g/mol. The van der Waals surface area contributed by atoms with Gasteiger partial charge in [-0.1, -0.05) is 36.4 Å².